The van der Waals surface area contributed by atoms with Gasteiger partial charge in [-0.25, -0.2) is 9.69 Å². The number of carbonyl (C=O) groups excluding carboxylic acids is 3. The fourth-order valence-corrected chi connectivity index (χ4v) is 3.94. The molecule has 29 heavy (non-hydrogen) atoms. The molecule has 1 N–H and O–H groups in total. The molecule has 0 aromatic heterocycles. The van der Waals surface area contributed by atoms with Crippen LogP contribution in [0.15, 0.2) is 59.6 Å². The van der Waals surface area contributed by atoms with Gasteiger partial charge in [-0.2, -0.15) is 0 Å². The van der Waals surface area contributed by atoms with Crippen LogP contribution in [0.5, 0.6) is 0 Å². The van der Waals surface area contributed by atoms with Crippen molar-refractivity contribution in [3.05, 3.63) is 60.2 Å². The molecule has 0 spiro atoms. The van der Waals surface area contributed by atoms with Crippen LogP contribution >= 0.6 is 11.8 Å². The van der Waals surface area contributed by atoms with Gasteiger partial charge in [0.05, 0.1) is 18.4 Å². The lowest BCUT2D eigenvalue weighted by Crippen LogP contribution is -2.31. The summed E-state index contributed by atoms with van der Waals surface area (Å²) in [6.45, 7) is 2.41. The summed E-state index contributed by atoms with van der Waals surface area (Å²) in [4.78, 5) is 42.4. The molecular weight excluding hydrogens is 390 g/mol. The third-order valence-corrected chi connectivity index (χ3v) is 5.34. The second kappa shape index (κ2) is 9.38. The minimum atomic E-state index is -0.546. The van der Waals surface area contributed by atoms with E-state index in [1.54, 1.807) is 48.5 Å². The Labute approximate surface area is 173 Å². The highest BCUT2D eigenvalue weighted by Crippen LogP contribution is 2.30. The number of imide groups is 1. The molecule has 0 radical (unpaired) electrons. The molecule has 1 fully saturated rings. The van der Waals surface area contributed by atoms with Crippen molar-refractivity contribution >= 4 is 46.1 Å². The zero-order valence-electron chi connectivity index (χ0n) is 16.1. The van der Waals surface area contributed by atoms with Crippen molar-refractivity contribution in [1.82, 2.24) is 0 Å². The van der Waals surface area contributed by atoms with Gasteiger partial charge in [0.15, 0.2) is 5.17 Å². The van der Waals surface area contributed by atoms with Crippen LogP contribution in [-0.4, -0.2) is 41.9 Å². The van der Waals surface area contributed by atoms with Crippen LogP contribution in [0, 0.1) is 0 Å². The van der Waals surface area contributed by atoms with Crippen molar-refractivity contribution in [3.8, 4) is 0 Å². The van der Waals surface area contributed by atoms with Crippen LogP contribution in [0.3, 0.4) is 0 Å². The van der Waals surface area contributed by atoms with Crippen molar-refractivity contribution in [2.24, 2.45) is 4.99 Å². The number of rotatable bonds is 5. The molecule has 2 amide bonds. The number of amidine groups is 1. The second-order valence-electron chi connectivity index (χ2n) is 6.19. The number of thioether (sulfide) groups is 1. The van der Waals surface area contributed by atoms with Gasteiger partial charge in [0.2, 0.25) is 11.8 Å². The first kappa shape index (κ1) is 20.6. The molecule has 0 saturated carbocycles. The third-order valence-electron chi connectivity index (χ3n) is 4.23. The quantitative estimate of drug-likeness (QED) is 0.351. The average molecular weight is 411 g/mol. The van der Waals surface area contributed by atoms with Crippen molar-refractivity contribution < 1.29 is 19.1 Å². The highest BCUT2D eigenvalue weighted by molar-refractivity contribution is 8.15. The Morgan fingerprint density at radius 1 is 1.17 bits per heavy atom. The van der Waals surface area contributed by atoms with Crippen molar-refractivity contribution in [2.45, 2.75) is 18.6 Å². The lowest BCUT2D eigenvalue weighted by atomic mass is 10.2. The second-order valence-corrected chi connectivity index (χ2v) is 7.38. The number of benzene rings is 2. The SMILES string of the molecule is CCN=C(Nc1ccc(C(=O)OC)cc1)S[C@@H]1CC(=O)N(c2ccccc2)C1=O. The van der Waals surface area contributed by atoms with E-state index in [4.69, 9.17) is 4.74 Å². The number of esters is 1. The molecule has 3 rings (SSSR count). The lowest BCUT2D eigenvalue weighted by molar-refractivity contribution is -0.121. The van der Waals surface area contributed by atoms with Gasteiger partial charge >= 0.3 is 5.97 Å². The Hall–Kier alpha value is -3.13. The number of methoxy groups -OCH3 is 1. The summed E-state index contributed by atoms with van der Waals surface area (Å²) in [5.41, 5.74) is 1.73. The zero-order chi connectivity index (χ0) is 20.8. The summed E-state index contributed by atoms with van der Waals surface area (Å²) in [5.74, 6) is -0.890. The summed E-state index contributed by atoms with van der Waals surface area (Å²) in [7, 11) is 1.33. The van der Waals surface area contributed by atoms with Crippen molar-refractivity contribution in [1.29, 1.82) is 0 Å². The highest BCUT2D eigenvalue weighted by atomic mass is 32.2. The molecule has 0 bridgehead atoms. The minimum absolute atomic E-state index is 0.115. The molecule has 1 saturated heterocycles. The maximum absolute atomic E-state index is 12.8. The van der Waals surface area contributed by atoms with E-state index in [1.807, 2.05) is 13.0 Å². The van der Waals surface area contributed by atoms with Crippen LogP contribution < -0.4 is 10.2 Å². The van der Waals surface area contributed by atoms with E-state index in [9.17, 15) is 14.4 Å². The van der Waals surface area contributed by atoms with Gasteiger partial charge in [-0.1, -0.05) is 30.0 Å². The molecule has 0 unspecified atom stereocenters. The maximum Gasteiger partial charge on any atom is 0.337 e. The first-order valence-corrected chi connectivity index (χ1v) is 9.99. The maximum atomic E-state index is 12.8. The number of amides is 2. The number of anilines is 2. The van der Waals surface area contributed by atoms with Gasteiger partial charge in [-0.05, 0) is 43.3 Å². The van der Waals surface area contributed by atoms with E-state index < -0.39 is 11.2 Å². The number of carbonyl (C=O) groups is 3. The zero-order valence-corrected chi connectivity index (χ0v) is 16.9. The van der Waals surface area contributed by atoms with E-state index in [0.29, 0.717) is 28.7 Å². The van der Waals surface area contributed by atoms with E-state index in [0.717, 1.165) is 0 Å². The molecule has 8 heteroatoms. The molecule has 7 nitrogen and oxygen atoms in total. The molecule has 0 aliphatic carbocycles. The largest absolute Gasteiger partial charge is 0.465 e. The Morgan fingerprint density at radius 2 is 1.86 bits per heavy atom. The molecule has 1 aliphatic heterocycles. The fourth-order valence-electron chi connectivity index (χ4n) is 2.86. The molecule has 1 heterocycles. The number of ether oxygens (including phenoxy) is 1. The number of nitrogens with zero attached hydrogens (tertiary/aromatic N) is 2. The molecule has 1 atom stereocenters. The number of hydrogen-bond donors (Lipinski definition) is 1. The number of para-hydroxylation sites is 1. The predicted octanol–water partition coefficient (Wildman–Crippen LogP) is 3.33. The normalized spacial score (nSPS) is 16.8. The van der Waals surface area contributed by atoms with Gasteiger partial charge in [-0.3, -0.25) is 14.6 Å². The monoisotopic (exact) mass is 411 g/mol. The Bertz CT molecular complexity index is 929. The number of nitrogens with one attached hydrogen (secondary N) is 1. The van der Waals surface area contributed by atoms with E-state index >= 15 is 0 Å². The van der Waals surface area contributed by atoms with E-state index in [1.165, 1.54) is 23.8 Å². The van der Waals surface area contributed by atoms with E-state index in [2.05, 4.69) is 10.3 Å². The van der Waals surface area contributed by atoms with Crippen LogP contribution in [0.25, 0.3) is 0 Å². The molecule has 1 aliphatic rings. The average Bonchev–Trinajstić information content (AvgIpc) is 3.01. The highest BCUT2D eigenvalue weighted by Gasteiger charge is 2.40. The van der Waals surface area contributed by atoms with Crippen LogP contribution in [0.2, 0.25) is 0 Å². The smallest absolute Gasteiger partial charge is 0.337 e. The lowest BCUT2D eigenvalue weighted by Gasteiger charge is -2.15. The summed E-state index contributed by atoms with van der Waals surface area (Å²) in [6, 6.07) is 15.7. The van der Waals surface area contributed by atoms with Gasteiger partial charge in [0.25, 0.3) is 0 Å². The molecular formula is C21H21N3O4S. The number of aliphatic imine (C=N–C) groups is 1. The summed E-state index contributed by atoms with van der Waals surface area (Å²) >= 11 is 1.23. The molecule has 2 aromatic carbocycles. The van der Waals surface area contributed by atoms with Gasteiger partial charge in [0.1, 0.15) is 5.25 Å². The van der Waals surface area contributed by atoms with Gasteiger partial charge < -0.3 is 10.1 Å². The van der Waals surface area contributed by atoms with Crippen LogP contribution in [-0.2, 0) is 14.3 Å². The van der Waals surface area contributed by atoms with Gasteiger partial charge in [-0.15, -0.1) is 0 Å². The predicted molar refractivity (Wildman–Crippen MR) is 114 cm³/mol. The first-order chi connectivity index (χ1) is 14.0. The Kier molecular flexibility index (Phi) is 6.66. The van der Waals surface area contributed by atoms with E-state index in [-0.39, 0.29) is 18.2 Å². The fraction of sp³-hybridized carbons (Fsp3) is 0.238. The molecule has 150 valence electrons. The first-order valence-electron chi connectivity index (χ1n) is 9.11. The molecule has 2 aromatic rings. The summed E-state index contributed by atoms with van der Waals surface area (Å²) in [6.07, 6.45) is 0.115. The standard InChI is InChI=1S/C21H21N3O4S/c1-3-22-21(23-15-11-9-14(10-12-15)20(27)28-2)29-17-13-18(25)24(19(17)26)16-7-5-4-6-8-16/h4-12,17H,3,13H2,1-2H3,(H,22,23)/t17-/m1/s1. The summed E-state index contributed by atoms with van der Waals surface area (Å²) in [5, 5.41) is 3.15. The minimum Gasteiger partial charge on any atom is -0.465 e. The van der Waals surface area contributed by atoms with Crippen LogP contribution in [0.4, 0.5) is 11.4 Å². The van der Waals surface area contributed by atoms with Gasteiger partial charge in [0, 0.05) is 18.7 Å². The Balaban J connectivity index is 1.71. The van der Waals surface area contributed by atoms with Crippen molar-refractivity contribution in [2.75, 3.05) is 23.9 Å². The number of hydrogen-bond acceptors (Lipinski definition) is 6. The topological polar surface area (TPSA) is 88.1 Å². The van der Waals surface area contributed by atoms with Crippen LogP contribution in [0.1, 0.15) is 23.7 Å². The third kappa shape index (κ3) is 4.83. The van der Waals surface area contributed by atoms with Crippen molar-refractivity contribution in [3.63, 3.8) is 0 Å². The Morgan fingerprint density at radius 3 is 2.48 bits per heavy atom. The summed E-state index contributed by atoms with van der Waals surface area (Å²) < 4.78 is 4.69.